The Bertz CT molecular complexity index is 3920. The summed E-state index contributed by atoms with van der Waals surface area (Å²) in [5, 5.41) is 4.43. The zero-order valence-electron chi connectivity index (χ0n) is 37.1. The van der Waals surface area contributed by atoms with E-state index in [4.69, 9.17) is 8.83 Å². The highest BCUT2D eigenvalue weighted by atomic mass is 16.3. The minimum Gasteiger partial charge on any atom is -0.456 e. The van der Waals surface area contributed by atoms with Gasteiger partial charge in [-0.05, 0) is 104 Å². The number of benzene rings is 10. The highest BCUT2D eigenvalue weighted by molar-refractivity contribution is 6.11. The van der Waals surface area contributed by atoms with Crippen molar-refractivity contribution in [2.75, 3.05) is 4.90 Å². The molecule has 0 amide bonds. The molecular weight excluding hydrogens is 815 g/mol. The standard InChI is InChI=1S/C64H43NO2/c1-63(2)53-26-11-6-19-45(53)48-36-35-43(39-56(48)63)65(42-33-31-40(32-34-42)44-24-16-25-51-49-22-9-14-29-58(49)66-61(44)51)57-38-37-52-50-23-10-15-30-59(50)67-62(52)60(57)64(41-17-4-3-5-18-41)54-27-12-7-20-46(54)47-21-8-13-28-55(47)64/h3-39H,1-2H3. The molecule has 0 radical (unpaired) electrons. The molecule has 0 saturated heterocycles. The molecule has 3 nitrogen and oxygen atoms in total. The van der Waals surface area contributed by atoms with Gasteiger partial charge in [-0.2, -0.15) is 0 Å². The van der Waals surface area contributed by atoms with Crippen LogP contribution in [0.4, 0.5) is 17.1 Å². The number of hydrogen-bond donors (Lipinski definition) is 0. The third-order valence-electron chi connectivity index (χ3n) is 15.0. The van der Waals surface area contributed by atoms with Crippen LogP contribution in [-0.2, 0) is 10.8 Å². The summed E-state index contributed by atoms with van der Waals surface area (Å²) < 4.78 is 13.9. The van der Waals surface area contributed by atoms with Gasteiger partial charge in [0.05, 0.1) is 11.1 Å². The highest BCUT2D eigenvalue weighted by Crippen LogP contribution is 2.61. The maximum absolute atomic E-state index is 7.29. The van der Waals surface area contributed by atoms with E-state index in [2.05, 4.69) is 237 Å². The van der Waals surface area contributed by atoms with Crippen LogP contribution in [0, 0.1) is 0 Å². The summed E-state index contributed by atoms with van der Waals surface area (Å²) in [5.74, 6) is 0. The predicted octanol–water partition coefficient (Wildman–Crippen LogP) is 17.3. The Hall–Kier alpha value is -8.40. The van der Waals surface area contributed by atoms with E-state index in [1.807, 2.05) is 6.07 Å². The average Bonchev–Trinajstić information content (AvgIpc) is 4.10. The second-order valence-corrected chi connectivity index (χ2v) is 18.7. The molecule has 2 aliphatic carbocycles. The zero-order valence-corrected chi connectivity index (χ0v) is 37.1. The second-order valence-electron chi connectivity index (χ2n) is 18.7. The van der Waals surface area contributed by atoms with Gasteiger partial charge in [0, 0.05) is 49.5 Å². The normalized spacial score (nSPS) is 14.1. The van der Waals surface area contributed by atoms with Crippen molar-refractivity contribution in [2.24, 2.45) is 0 Å². The molecule has 10 aromatic carbocycles. The van der Waals surface area contributed by atoms with Crippen molar-refractivity contribution in [2.45, 2.75) is 24.7 Å². The molecule has 0 atom stereocenters. The fraction of sp³-hybridized carbons (Fsp3) is 0.0625. The molecule has 14 rings (SSSR count). The van der Waals surface area contributed by atoms with Crippen LogP contribution in [-0.4, -0.2) is 0 Å². The first-order chi connectivity index (χ1) is 33.0. The summed E-state index contributed by atoms with van der Waals surface area (Å²) in [4.78, 5) is 2.49. The predicted molar refractivity (Wildman–Crippen MR) is 276 cm³/mol. The van der Waals surface area contributed by atoms with Gasteiger partial charge in [-0.3, -0.25) is 0 Å². The summed E-state index contributed by atoms with van der Waals surface area (Å²) in [6, 6.07) is 82.0. The molecule has 3 heteroatoms. The Morgan fingerprint density at radius 3 is 1.55 bits per heavy atom. The lowest BCUT2D eigenvalue weighted by molar-refractivity contribution is 0.648. The molecule has 2 aromatic heterocycles. The Morgan fingerprint density at radius 2 is 0.866 bits per heavy atom. The molecule has 12 aromatic rings. The van der Waals surface area contributed by atoms with Gasteiger partial charge in [0.2, 0.25) is 0 Å². The van der Waals surface area contributed by atoms with E-state index < -0.39 is 5.41 Å². The summed E-state index contributed by atoms with van der Waals surface area (Å²) in [5.41, 5.74) is 20.3. The van der Waals surface area contributed by atoms with E-state index in [0.717, 1.165) is 77.6 Å². The van der Waals surface area contributed by atoms with Crippen molar-refractivity contribution >= 4 is 60.9 Å². The Morgan fingerprint density at radius 1 is 0.358 bits per heavy atom. The van der Waals surface area contributed by atoms with E-state index >= 15 is 0 Å². The molecule has 0 saturated carbocycles. The van der Waals surface area contributed by atoms with E-state index in [1.165, 1.54) is 50.1 Å². The van der Waals surface area contributed by atoms with Crippen LogP contribution >= 0.6 is 0 Å². The third kappa shape index (κ3) is 5.23. The smallest absolute Gasteiger partial charge is 0.143 e. The lowest BCUT2D eigenvalue weighted by Gasteiger charge is -2.38. The van der Waals surface area contributed by atoms with Crippen molar-refractivity contribution in [3.63, 3.8) is 0 Å². The number of nitrogens with zero attached hydrogens (tertiary/aromatic N) is 1. The lowest BCUT2D eigenvalue weighted by atomic mass is 9.66. The van der Waals surface area contributed by atoms with Gasteiger partial charge in [-0.15, -0.1) is 0 Å². The van der Waals surface area contributed by atoms with E-state index in [9.17, 15) is 0 Å². The van der Waals surface area contributed by atoms with Gasteiger partial charge in [0.15, 0.2) is 0 Å². The van der Waals surface area contributed by atoms with E-state index in [-0.39, 0.29) is 5.41 Å². The Kier molecular flexibility index (Phi) is 7.95. The fourth-order valence-corrected chi connectivity index (χ4v) is 12.0. The van der Waals surface area contributed by atoms with Crippen LogP contribution in [0.15, 0.2) is 233 Å². The minimum atomic E-state index is -0.765. The number of para-hydroxylation sites is 3. The summed E-state index contributed by atoms with van der Waals surface area (Å²) in [6.45, 7) is 4.73. The Labute approximate surface area is 388 Å². The SMILES string of the molecule is CC1(C)c2ccccc2-c2ccc(N(c3ccc(-c4cccc5c4oc4ccccc45)cc3)c3ccc4c(oc5ccccc54)c3C3(c4ccccc4)c4ccccc4-c4ccccc43)cc21. The summed E-state index contributed by atoms with van der Waals surface area (Å²) in [7, 11) is 0. The lowest BCUT2D eigenvalue weighted by Crippen LogP contribution is -2.31. The molecule has 2 heterocycles. The van der Waals surface area contributed by atoms with Gasteiger partial charge < -0.3 is 13.7 Å². The molecular formula is C64H43NO2. The average molecular weight is 858 g/mol. The first kappa shape index (κ1) is 37.9. The quantitative estimate of drug-likeness (QED) is 0.167. The largest absolute Gasteiger partial charge is 0.456 e. The summed E-state index contributed by atoms with van der Waals surface area (Å²) in [6.07, 6.45) is 0. The van der Waals surface area contributed by atoms with Crippen LogP contribution in [0.25, 0.3) is 77.3 Å². The van der Waals surface area contributed by atoms with Crippen molar-refractivity contribution in [3.05, 3.63) is 258 Å². The zero-order chi connectivity index (χ0) is 44.4. The van der Waals surface area contributed by atoms with Crippen molar-refractivity contribution < 1.29 is 8.83 Å². The number of hydrogen-bond acceptors (Lipinski definition) is 3. The van der Waals surface area contributed by atoms with Crippen molar-refractivity contribution in [1.29, 1.82) is 0 Å². The molecule has 316 valence electrons. The van der Waals surface area contributed by atoms with Crippen LogP contribution in [0.3, 0.4) is 0 Å². The molecule has 0 spiro atoms. The van der Waals surface area contributed by atoms with E-state index in [1.54, 1.807) is 0 Å². The number of fused-ring (bicyclic) bond motifs is 12. The van der Waals surface area contributed by atoms with Crippen molar-refractivity contribution in [1.82, 2.24) is 0 Å². The monoisotopic (exact) mass is 857 g/mol. The maximum Gasteiger partial charge on any atom is 0.143 e. The molecule has 0 aliphatic heterocycles. The van der Waals surface area contributed by atoms with Crippen molar-refractivity contribution in [3.8, 4) is 33.4 Å². The molecule has 0 bridgehead atoms. The number of furan rings is 2. The van der Waals surface area contributed by atoms with Crippen LogP contribution in [0.5, 0.6) is 0 Å². The topological polar surface area (TPSA) is 29.5 Å². The molecule has 67 heavy (non-hydrogen) atoms. The Balaban J connectivity index is 1.09. The number of anilines is 3. The molecule has 2 aliphatic rings. The first-order valence-corrected chi connectivity index (χ1v) is 23.2. The maximum atomic E-state index is 7.29. The van der Waals surface area contributed by atoms with Gasteiger partial charge >= 0.3 is 0 Å². The molecule has 0 unspecified atom stereocenters. The van der Waals surface area contributed by atoms with Crippen LogP contribution in [0.2, 0.25) is 0 Å². The fourth-order valence-electron chi connectivity index (χ4n) is 12.0. The van der Waals surface area contributed by atoms with E-state index in [0.29, 0.717) is 0 Å². The van der Waals surface area contributed by atoms with Gasteiger partial charge in [0.1, 0.15) is 22.3 Å². The summed E-state index contributed by atoms with van der Waals surface area (Å²) >= 11 is 0. The second kappa shape index (κ2) is 14.1. The van der Waals surface area contributed by atoms with Crippen LogP contribution in [0.1, 0.15) is 47.2 Å². The molecule has 0 N–H and O–H groups in total. The van der Waals surface area contributed by atoms with Gasteiger partial charge in [0.25, 0.3) is 0 Å². The number of rotatable bonds is 6. The minimum absolute atomic E-state index is 0.206. The first-order valence-electron chi connectivity index (χ1n) is 23.2. The highest BCUT2D eigenvalue weighted by Gasteiger charge is 2.50. The van der Waals surface area contributed by atoms with Gasteiger partial charge in [-0.25, -0.2) is 0 Å². The molecule has 0 fully saturated rings. The third-order valence-corrected chi connectivity index (χ3v) is 15.0. The van der Waals surface area contributed by atoms with Gasteiger partial charge in [-0.1, -0.05) is 190 Å². The van der Waals surface area contributed by atoms with Crippen LogP contribution < -0.4 is 4.90 Å².